The maximum atomic E-state index is 12.1. The van der Waals surface area contributed by atoms with Crippen molar-refractivity contribution in [2.45, 2.75) is 12.1 Å². The maximum absolute atomic E-state index is 12.1. The number of aliphatic hydroxyl groups excluding tert-OH is 1. The van der Waals surface area contributed by atoms with E-state index in [2.05, 4.69) is 10.6 Å². The summed E-state index contributed by atoms with van der Waals surface area (Å²) < 4.78 is 5.10. The standard InChI is InChI=1S/C13H19N3O3/c1-16(11-7-14-8-12(11)17)13(18)15-9-4-3-5-10(6-9)19-2/h3-6,11-12,14,17H,7-8H2,1-2H3,(H,15,18)/t11-,12-/m0/s1. The van der Waals surface area contributed by atoms with Gasteiger partial charge < -0.3 is 25.4 Å². The Bertz CT molecular complexity index is 453. The molecule has 0 radical (unpaired) electrons. The molecule has 0 saturated carbocycles. The lowest BCUT2D eigenvalue weighted by molar-refractivity contribution is 0.115. The number of urea groups is 1. The van der Waals surface area contributed by atoms with Crippen molar-refractivity contribution in [2.75, 3.05) is 32.6 Å². The van der Waals surface area contributed by atoms with E-state index >= 15 is 0 Å². The molecule has 1 aromatic rings. The first-order valence-corrected chi connectivity index (χ1v) is 6.18. The molecule has 0 aliphatic carbocycles. The molecule has 0 unspecified atom stereocenters. The number of hydrogen-bond acceptors (Lipinski definition) is 4. The Morgan fingerprint density at radius 2 is 2.32 bits per heavy atom. The van der Waals surface area contributed by atoms with E-state index in [0.717, 1.165) is 0 Å². The number of aliphatic hydroxyl groups is 1. The van der Waals surface area contributed by atoms with Gasteiger partial charge in [0.15, 0.2) is 0 Å². The summed E-state index contributed by atoms with van der Waals surface area (Å²) in [5.41, 5.74) is 0.664. The molecule has 1 saturated heterocycles. The number of nitrogens with zero attached hydrogens (tertiary/aromatic N) is 1. The normalized spacial score (nSPS) is 22.1. The van der Waals surface area contributed by atoms with E-state index in [4.69, 9.17) is 4.74 Å². The Hall–Kier alpha value is -1.79. The van der Waals surface area contributed by atoms with Crippen LogP contribution in [0, 0.1) is 0 Å². The number of likely N-dealkylation sites (N-methyl/N-ethyl adjacent to an activating group) is 1. The molecule has 2 atom stereocenters. The van der Waals surface area contributed by atoms with Gasteiger partial charge >= 0.3 is 6.03 Å². The number of β-amino-alcohol motifs (C(OH)–C–C–N with tert-alkyl or cyclic N) is 1. The van der Waals surface area contributed by atoms with Crippen LogP contribution in [0.2, 0.25) is 0 Å². The minimum absolute atomic E-state index is 0.203. The second-order valence-electron chi connectivity index (χ2n) is 4.57. The first-order valence-electron chi connectivity index (χ1n) is 6.18. The number of anilines is 1. The number of benzene rings is 1. The Morgan fingerprint density at radius 3 is 2.95 bits per heavy atom. The highest BCUT2D eigenvalue weighted by atomic mass is 16.5. The predicted molar refractivity (Wildman–Crippen MR) is 72.4 cm³/mol. The minimum atomic E-state index is -0.527. The Labute approximate surface area is 112 Å². The summed E-state index contributed by atoms with van der Waals surface area (Å²) in [6, 6.07) is 6.70. The van der Waals surface area contributed by atoms with Crippen molar-refractivity contribution in [2.24, 2.45) is 0 Å². The molecule has 0 spiro atoms. The van der Waals surface area contributed by atoms with Crippen LogP contribution in [0.4, 0.5) is 10.5 Å². The van der Waals surface area contributed by atoms with Crippen molar-refractivity contribution in [3.8, 4) is 5.75 Å². The van der Waals surface area contributed by atoms with E-state index in [0.29, 0.717) is 24.5 Å². The molecule has 6 heteroatoms. The van der Waals surface area contributed by atoms with E-state index in [1.165, 1.54) is 4.90 Å². The fourth-order valence-corrected chi connectivity index (χ4v) is 2.11. The highest BCUT2D eigenvalue weighted by Gasteiger charge is 2.31. The van der Waals surface area contributed by atoms with E-state index in [1.807, 2.05) is 6.07 Å². The average molecular weight is 265 g/mol. The molecule has 1 heterocycles. The van der Waals surface area contributed by atoms with Crippen molar-refractivity contribution in [3.05, 3.63) is 24.3 Å². The van der Waals surface area contributed by atoms with Gasteiger partial charge in [0.25, 0.3) is 0 Å². The first-order chi connectivity index (χ1) is 9.11. The molecule has 1 aromatic carbocycles. The van der Waals surface area contributed by atoms with Crippen LogP contribution < -0.4 is 15.4 Å². The summed E-state index contributed by atoms with van der Waals surface area (Å²) in [4.78, 5) is 13.6. The summed E-state index contributed by atoms with van der Waals surface area (Å²) >= 11 is 0. The molecule has 1 aliphatic rings. The number of rotatable bonds is 3. The Kier molecular flexibility index (Phi) is 4.24. The fourth-order valence-electron chi connectivity index (χ4n) is 2.11. The number of nitrogens with one attached hydrogen (secondary N) is 2. The van der Waals surface area contributed by atoms with Gasteiger partial charge in [-0.3, -0.25) is 0 Å². The second kappa shape index (κ2) is 5.90. The van der Waals surface area contributed by atoms with Crippen LogP contribution in [0.5, 0.6) is 5.75 Å². The quantitative estimate of drug-likeness (QED) is 0.743. The van der Waals surface area contributed by atoms with Gasteiger partial charge in [0, 0.05) is 31.9 Å². The van der Waals surface area contributed by atoms with Gasteiger partial charge in [-0.15, -0.1) is 0 Å². The third kappa shape index (κ3) is 3.15. The van der Waals surface area contributed by atoms with Gasteiger partial charge in [0.2, 0.25) is 0 Å². The Morgan fingerprint density at radius 1 is 1.53 bits per heavy atom. The number of ether oxygens (including phenoxy) is 1. The SMILES string of the molecule is COc1cccc(NC(=O)N(C)[C@H]2CNC[C@@H]2O)c1. The van der Waals surface area contributed by atoms with E-state index in [1.54, 1.807) is 32.4 Å². The molecule has 0 aromatic heterocycles. The third-order valence-electron chi connectivity index (χ3n) is 3.29. The van der Waals surface area contributed by atoms with Gasteiger partial charge in [0.05, 0.1) is 19.3 Å². The maximum Gasteiger partial charge on any atom is 0.321 e. The van der Waals surface area contributed by atoms with E-state index in [-0.39, 0.29) is 12.1 Å². The second-order valence-corrected chi connectivity index (χ2v) is 4.57. The van der Waals surface area contributed by atoms with Crippen LogP contribution in [0.1, 0.15) is 0 Å². The van der Waals surface area contributed by atoms with Crippen LogP contribution >= 0.6 is 0 Å². The summed E-state index contributed by atoms with van der Waals surface area (Å²) in [6.07, 6.45) is -0.527. The molecular formula is C13H19N3O3. The number of amides is 2. The molecular weight excluding hydrogens is 246 g/mol. The topological polar surface area (TPSA) is 73.8 Å². The number of carbonyl (C=O) groups excluding carboxylic acids is 1. The summed E-state index contributed by atoms with van der Waals surface area (Å²) in [5.74, 6) is 0.683. The zero-order valence-corrected chi connectivity index (χ0v) is 11.1. The number of hydrogen-bond donors (Lipinski definition) is 3. The monoisotopic (exact) mass is 265 g/mol. The average Bonchev–Trinajstić information content (AvgIpc) is 2.84. The lowest BCUT2D eigenvalue weighted by atomic mass is 10.2. The van der Waals surface area contributed by atoms with Crippen molar-refractivity contribution in [1.82, 2.24) is 10.2 Å². The number of methoxy groups -OCH3 is 1. The molecule has 3 N–H and O–H groups in total. The first kappa shape index (κ1) is 13.6. The highest BCUT2D eigenvalue weighted by Crippen LogP contribution is 2.17. The summed E-state index contributed by atoms with van der Waals surface area (Å²) in [6.45, 7) is 1.12. The highest BCUT2D eigenvalue weighted by molar-refractivity contribution is 5.89. The molecule has 1 fully saturated rings. The van der Waals surface area contributed by atoms with Gasteiger partial charge in [0.1, 0.15) is 5.75 Å². The van der Waals surface area contributed by atoms with E-state index < -0.39 is 6.10 Å². The lowest BCUT2D eigenvalue weighted by Crippen LogP contribution is -2.46. The van der Waals surface area contributed by atoms with Crippen molar-refractivity contribution >= 4 is 11.7 Å². The van der Waals surface area contributed by atoms with Crippen LogP contribution in [0.25, 0.3) is 0 Å². The summed E-state index contributed by atoms with van der Waals surface area (Å²) in [5, 5.41) is 15.6. The van der Waals surface area contributed by atoms with Crippen molar-refractivity contribution in [1.29, 1.82) is 0 Å². The largest absolute Gasteiger partial charge is 0.497 e. The molecule has 1 aliphatic heterocycles. The van der Waals surface area contributed by atoms with Crippen LogP contribution in [0.3, 0.4) is 0 Å². The van der Waals surface area contributed by atoms with Crippen molar-refractivity contribution < 1.29 is 14.6 Å². The zero-order valence-electron chi connectivity index (χ0n) is 11.1. The smallest absolute Gasteiger partial charge is 0.321 e. The molecule has 19 heavy (non-hydrogen) atoms. The molecule has 104 valence electrons. The van der Waals surface area contributed by atoms with Gasteiger partial charge in [-0.05, 0) is 12.1 Å². The molecule has 2 rings (SSSR count). The van der Waals surface area contributed by atoms with Gasteiger partial charge in [-0.25, -0.2) is 4.79 Å². The summed E-state index contributed by atoms with van der Waals surface area (Å²) in [7, 11) is 3.25. The molecule has 6 nitrogen and oxygen atoms in total. The van der Waals surface area contributed by atoms with E-state index in [9.17, 15) is 9.90 Å². The van der Waals surface area contributed by atoms with Gasteiger partial charge in [-0.1, -0.05) is 6.07 Å². The van der Waals surface area contributed by atoms with Crippen molar-refractivity contribution in [3.63, 3.8) is 0 Å². The van der Waals surface area contributed by atoms with Crippen LogP contribution in [-0.4, -0.2) is 55.4 Å². The third-order valence-corrected chi connectivity index (χ3v) is 3.29. The number of carbonyl (C=O) groups is 1. The molecule has 2 amide bonds. The lowest BCUT2D eigenvalue weighted by Gasteiger charge is -2.26. The predicted octanol–water partition coefficient (Wildman–Crippen LogP) is 0.492. The fraction of sp³-hybridized carbons (Fsp3) is 0.462. The minimum Gasteiger partial charge on any atom is -0.497 e. The zero-order chi connectivity index (χ0) is 13.8. The van der Waals surface area contributed by atoms with Crippen LogP contribution in [-0.2, 0) is 0 Å². The van der Waals surface area contributed by atoms with Crippen LogP contribution in [0.15, 0.2) is 24.3 Å². The molecule has 0 bridgehead atoms. The van der Waals surface area contributed by atoms with Gasteiger partial charge in [-0.2, -0.15) is 0 Å². The Balaban J connectivity index is 1.99.